The number of aromatic nitrogens is 1. The highest BCUT2D eigenvalue weighted by atomic mass is 32.2. The Morgan fingerprint density at radius 2 is 2.04 bits per heavy atom. The minimum atomic E-state index is -3.41. The number of pyridine rings is 1. The monoisotopic (exact) mass is 369 g/mol. The Morgan fingerprint density at radius 3 is 2.72 bits per heavy atom. The summed E-state index contributed by atoms with van der Waals surface area (Å²) in [6.07, 6.45) is 5.00. The van der Waals surface area contributed by atoms with E-state index in [4.69, 9.17) is 0 Å². The van der Waals surface area contributed by atoms with Crippen LogP contribution in [0.4, 0.5) is 5.69 Å². The molecule has 1 aromatic heterocycles. The zero-order chi connectivity index (χ0) is 18.4. The molecule has 0 aromatic carbocycles. The van der Waals surface area contributed by atoms with Gasteiger partial charge in [0.15, 0.2) is 0 Å². The summed E-state index contributed by atoms with van der Waals surface area (Å²) in [5, 5.41) is 2.76. The van der Waals surface area contributed by atoms with E-state index >= 15 is 0 Å². The summed E-state index contributed by atoms with van der Waals surface area (Å²) >= 11 is 0. The number of carbonyl (C=O) groups excluding carboxylic acids is 1. The van der Waals surface area contributed by atoms with Gasteiger partial charge in [0.05, 0.1) is 11.4 Å². The second-order valence-electron chi connectivity index (χ2n) is 6.38. The Balaban J connectivity index is 2.12. The standard InChI is InChI=1S/C17H27N3O4S/c1-3-5-12-25(23,24)20-11-6-7-15(20)17(22)18-14-8-9-16(21)19(13-14)10-4-2/h8-9,13,15H,3-7,10-12H2,1-2H3,(H,18,22). The molecule has 1 unspecified atom stereocenters. The van der Waals surface area contributed by atoms with Crippen molar-refractivity contribution in [3.8, 4) is 0 Å². The molecule has 0 saturated carbocycles. The van der Waals surface area contributed by atoms with Crippen LogP contribution >= 0.6 is 0 Å². The molecule has 1 atom stereocenters. The number of aryl methyl sites for hydroxylation is 1. The summed E-state index contributed by atoms with van der Waals surface area (Å²) in [5.41, 5.74) is 0.389. The number of sulfonamides is 1. The summed E-state index contributed by atoms with van der Waals surface area (Å²) in [4.78, 5) is 24.3. The third-order valence-electron chi connectivity index (χ3n) is 4.33. The predicted molar refractivity (Wildman–Crippen MR) is 98.0 cm³/mol. The van der Waals surface area contributed by atoms with Gasteiger partial charge in [0, 0.05) is 25.4 Å². The minimum Gasteiger partial charge on any atom is -0.323 e. The molecule has 140 valence electrons. The lowest BCUT2D eigenvalue weighted by molar-refractivity contribution is -0.119. The van der Waals surface area contributed by atoms with Crippen molar-refractivity contribution in [1.29, 1.82) is 0 Å². The second kappa shape index (κ2) is 8.62. The van der Waals surface area contributed by atoms with Crippen LogP contribution in [0.15, 0.2) is 23.1 Å². The van der Waals surface area contributed by atoms with Crippen molar-refractivity contribution in [3.05, 3.63) is 28.7 Å². The van der Waals surface area contributed by atoms with Gasteiger partial charge in [0.1, 0.15) is 6.04 Å². The van der Waals surface area contributed by atoms with E-state index in [9.17, 15) is 18.0 Å². The number of hydrogen-bond donors (Lipinski definition) is 1. The topological polar surface area (TPSA) is 88.5 Å². The number of amides is 1. The van der Waals surface area contributed by atoms with Crippen molar-refractivity contribution in [1.82, 2.24) is 8.87 Å². The lowest BCUT2D eigenvalue weighted by atomic mass is 10.2. The summed E-state index contributed by atoms with van der Waals surface area (Å²) in [7, 11) is -3.41. The van der Waals surface area contributed by atoms with E-state index in [1.54, 1.807) is 16.8 Å². The third kappa shape index (κ3) is 4.92. The summed E-state index contributed by atoms with van der Waals surface area (Å²) in [6, 6.07) is 2.29. The number of nitrogens with one attached hydrogen (secondary N) is 1. The maximum Gasteiger partial charge on any atom is 0.250 e. The van der Waals surface area contributed by atoms with Gasteiger partial charge in [-0.05, 0) is 31.7 Å². The van der Waals surface area contributed by atoms with E-state index in [1.807, 2.05) is 13.8 Å². The van der Waals surface area contributed by atoms with Crippen LogP contribution in [-0.2, 0) is 21.4 Å². The zero-order valence-electron chi connectivity index (χ0n) is 14.9. The number of hydrogen-bond acceptors (Lipinski definition) is 4. The van der Waals surface area contributed by atoms with Gasteiger partial charge in [-0.3, -0.25) is 9.59 Å². The van der Waals surface area contributed by atoms with Gasteiger partial charge in [-0.1, -0.05) is 20.3 Å². The number of carbonyl (C=O) groups is 1. The molecule has 2 heterocycles. The lowest BCUT2D eigenvalue weighted by Crippen LogP contribution is -2.44. The highest BCUT2D eigenvalue weighted by Gasteiger charge is 2.38. The largest absolute Gasteiger partial charge is 0.323 e. The normalized spacial score (nSPS) is 18.4. The van der Waals surface area contributed by atoms with E-state index in [0.717, 1.165) is 12.8 Å². The quantitative estimate of drug-likeness (QED) is 0.757. The predicted octanol–water partition coefficient (Wildman–Crippen LogP) is 1.79. The minimum absolute atomic E-state index is 0.0780. The van der Waals surface area contributed by atoms with Gasteiger partial charge in [0.25, 0.3) is 5.56 Å². The van der Waals surface area contributed by atoms with Crippen molar-refractivity contribution in [2.24, 2.45) is 0 Å². The number of rotatable bonds is 8. The smallest absolute Gasteiger partial charge is 0.250 e. The molecule has 1 saturated heterocycles. The lowest BCUT2D eigenvalue weighted by Gasteiger charge is -2.23. The maximum absolute atomic E-state index is 12.6. The van der Waals surface area contributed by atoms with Gasteiger partial charge in [0.2, 0.25) is 15.9 Å². The number of nitrogens with zero attached hydrogens (tertiary/aromatic N) is 2. The fourth-order valence-corrected chi connectivity index (χ4v) is 4.91. The molecule has 8 heteroatoms. The molecular weight excluding hydrogens is 342 g/mol. The molecule has 0 spiro atoms. The fraction of sp³-hybridized carbons (Fsp3) is 0.647. The Kier molecular flexibility index (Phi) is 6.78. The first-order valence-corrected chi connectivity index (χ1v) is 10.5. The van der Waals surface area contributed by atoms with Gasteiger partial charge in [-0.15, -0.1) is 0 Å². The van der Waals surface area contributed by atoms with Crippen molar-refractivity contribution >= 4 is 21.6 Å². The highest BCUT2D eigenvalue weighted by molar-refractivity contribution is 7.89. The Labute approximate surface area is 149 Å². The fourth-order valence-electron chi connectivity index (χ4n) is 3.03. The molecule has 1 aromatic rings. The molecule has 2 rings (SSSR count). The van der Waals surface area contributed by atoms with E-state index in [2.05, 4.69) is 5.32 Å². The van der Waals surface area contributed by atoms with E-state index in [-0.39, 0.29) is 17.2 Å². The Hall–Kier alpha value is -1.67. The summed E-state index contributed by atoms with van der Waals surface area (Å²) < 4.78 is 27.8. The van der Waals surface area contributed by atoms with Crippen molar-refractivity contribution in [2.75, 3.05) is 17.6 Å². The average molecular weight is 369 g/mol. The first kappa shape index (κ1) is 19.7. The van der Waals surface area contributed by atoms with Crippen LogP contribution < -0.4 is 10.9 Å². The van der Waals surface area contributed by atoms with E-state index in [1.165, 1.54) is 10.4 Å². The molecule has 7 nitrogen and oxygen atoms in total. The first-order chi connectivity index (χ1) is 11.9. The molecule has 0 bridgehead atoms. The third-order valence-corrected chi connectivity index (χ3v) is 6.29. The molecule has 1 N–H and O–H groups in total. The molecule has 0 radical (unpaired) electrons. The van der Waals surface area contributed by atoms with Gasteiger partial charge in [-0.2, -0.15) is 4.31 Å². The van der Waals surface area contributed by atoms with E-state index < -0.39 is 16.1 Å². The molecule has 1 amide bonds. The zero-order valence-corrected chi connectivity index (χ0v) is 15.7. The molecule has 0 aliphatic carbocycles. The summed E-state index contributed by atoms with van der Waals surface area (Å²) in [5.74, 6) is -0.256. The van der Waals surface area contributed by atoms with Crippen molar-refractivity contribution in [3.63, 3.8) is 0 Å². The summed E-state index contributed by atoms with van der Waals surface area (Å²) in [6.45, 7) is 4.87. The van der Waals surface area contributed by atoms with Crippen LogP contribution in [0.1, 0.15) is 46.0 Å². The van der Waals surface area contributed by atoms with Crippen LogP contribution in [-0.4, -0.2) is 41.5 Å². The first-order valence-electron chi connectivity index (χ1n) is 8.90. The number of anilines is 1. The maximum atomic E-state index is 12.6. The van der Waals surface area contributed by atoms with Crippen molar-refractivity contribution in [2.45, 2.75) is 58.5 Å². The Morgan fingerprint density at radius 1 is 1.28 bits per heavy atom. The highest BCUT2D eigenvalue weighted by Crippen LogP contribution is 2.23. The van der Waals surface area contributed by atoms with Crippen LogP contribution in [0.2, 0.25) is 0 Å². The molecule has 1 fully saturated rings. The van der Waals surface area contributed by atoms with Crippen LogP contribution in [0, 0.1) is 0 Å². The van der Waals surface area contributed by atoms with Gasteiger partial charge in [-0.25, -0.2) is 8.42 Å². The molecule has 1 aliphatic heterocycles. The SMILES string of the molecule is CCCCS(=O)(=O)N1CCCC1C(=O)Nc1ccc(=O)n(CCC)c1. The average Bonchev–Trinajstić information content (AvgIpc) is 3.07. The van der Waals surface area contributed by atoms with E-state index in [0.29, 0.717) is 38.0 Å². The van der Waals surface area contributed by atoms with Gasteiger partial charge >= 0.3 is 0 Å². The Bertz CT molecular complexity index is 757. The van der Waals surface area contributed by atoms with Crippen LogP contribution in [0.25, 0.3) is 0 Å². The van der Waals surface area contributed by atoms with Crippen LogP contribution in [0.5, 0.6) is 0 Å². The molecular formula is C17H27N3O4S. The molecule has 1 aliphatic rings. The number of unbranched alkanes of at least 4 members (excludes halogenated alkanes) is 1. The molecule has 25 heavy (non-hydrogen) atoms. The second-order valence-corrected chi connectivity index (χ2v) is 8.42. The van der Waals surface area contributed by atoms with Crippen molar-refractivity contribution < 1.29 is 13.2 Å². The van der Waals surface area contributed by atoms with Gasteiger partial charge < -0.3 is 9.88 Å². The van der Waals surface area contributed by atoms with Crippen LogP contribution in [0.3, 0.4) is 0 Å².